The van der Waals surface area contributed by atoms with Gasteiger partial charge in [-0.25, -0.2) is 0 Å². The first-order valence-electron chi connectivity index (χ1n) is 4.20. The Kier molecular flexibility index (Phi) is 2.68. The summed E-state index contributed by atoms with van der Waals surface area (Å²) in [5.74, 6) is -0.980. The zero-order valence-corrected chi connectivity index (χ0v) is 7.17. The van der Waals surface area contributed by atoms with Crippen LogP contribution in [-0.4, -0.2) is 18.4 Å². The molecule has 0 radical (unpaired) electrons. The molecule has 3 N–H and O–H groups in total. The fourth-order valence-corrected chi connectivity index (χ4v) is 1.47. The number of nitrogens with two attached hydrogens (primary N) is 1. The van der Waals surface area contributed by atoms with Crippen molar-refractivity contribution >= 4 is 11.8 Å². The zero-order valence-electron chi connectivity index (χ0n) is 7.17. The maximum Gasteiger partial charge on any atom is 0.223 e. The summed E-state index contributed by atoms with van der Waals surface area (Å²) in [7, 11) is 0. The Hall–Kier alpha value is -1.06. The molecule has 1 saturated heterocycles. The Bertz CT molecular complexity index is 203. The number of carbonyl (C=O) groups excluding carboxylic acids is 2. The molecule has 1 aliphatic rings. The summed E-state index contributed by atoms with van der Waals surface area (Å²) in [5.41, 5.74) is 5.11. The molecule has 0 aliphatic carbocycles. The van der Waals surface area contributed by atoms with E-state index >= 15 is 0 Å². The van der Waals surface area contributed by atoms with Gasteiger partial charge in [-0.05, 0) is 12.8 Å². The Morgan fingerprint density at radius 1 is 1.75 bits per heavy atom. The third-order valence-corrected chi connectivity index (χ3v) is 2.38. The minimum Gasteiger partial charge on any atom is -0.369 e. The minimum absolute atomic E-state index is 0.0347. The number of rotatable bonds is 2. The molecule has 2 amide bonds. The van der Waals surface area contributed by atoms with Gasteiger partial charge in [0.05, 0.1) is 0 Å². The van der Waals surface area contributed by atoms with Crippen LogP contribution in [-0.2, 0) is 9.59 Å². The van der Waals surface area contributed by atoms with Gasteiger partial charge < -0.3 is 11.1 Å². The topological polar surface area (TPSA) is 72.2 Å². The summed E-state index contributed by atoms with van der Waals surface area (Å²) in [4.78, 5) is 22.0. The maximum atomic E-state index is 11.2. The SMILES string of the molecule is CC(C(N)=O)C1CCCNC1=O. The second kappa shape index (κ2) is 3.56. The molecule has 0 aromatic heterocycles. The molecule has 4 nitrogen and oxygen atoms in total. The lowest BCUT2D eigenvalue weighted by atomic mass is 9.86. The highest BCUT2D eigenvalue weighted by Gasteiger charge is 2.30. The molecule has 12 heavy (non-hydrogen) atoms. The fraction of sp³-hybridized carbons (Fsp3) is 0.750. The average molecular weight is 170 g/mol. The van der Waals surface area contributed by atoms with Crippen molar-refractivity contribution in [3.8, 4) is 0 Å². The van der Waals surface area contributed by atoms with Crippen molar-refractivity contribution < 1.29 is 9.59 Å². The van der Waals surface area contributed by atoms with E-state index in [1.165, 1.54) is 0 Å². The Morgan fingerprint density at radius 3 is 2.92 bits per heavy atom. The van der Waals surface area contributed by atoms with Gasteiger partial charge in [-0.15, -0.1) is 0 Å². The van der Waals surface area contributed by atoms with Crippen LogP contribution >= 0.6 is 0 Å². The van der Waals surface area contributed by atoms with Crippen LogP contribution in [0.3, 0.4) is 0 Å². The van der Waals surface area contributed by atoms with Crippen molar-refractivity contribution in [1.29, 1.82) is 0 Å². The van der Waals surface area contributed by atoms with Crippen LogP contribution in [0.5, 0.6) is 0 Å². The maximum absolute atomic E-state index is 11.2. The quantitative estimate of drug-likeness (QED) is 0.593. The molecule has 68 valence electrons. The standard InChI is InChI=1S/C8H14N2O2/c1-5(7(9)11)6-3-2-4-10-8(6)12/h5-6H,2-4H2,1H3,(H2,9,11)(H,10,12). The second-order valence-electron chi connectivity index (χ2n) is 3.23. The highest BCUT2D eigenvalue weighted by Crippen LogP contribution is 2.20. The van der Waals surface area contributed by atoms with Crippen molar-refractivity contribution in [3.05, 3.63) is 0 Å². The third kappa shape index (κ3) is 1.75. The lowest BCUT2D eigenvalue weighted by Crippen LogP contribution is -2.42. The van der Waals surface area contributed by atoms with Gasteiger partial charge in [-0.1, -0.05) is 6.92 Å². The molecule has 2 atom stereocenters. The van der Waals surface area contributed by atoms with Crippen LogP contribution in [0.1, 0.15) is 19.8 Å². The number of carbonyl (C=O) groups is 2. The van der Waals surface area contributed by atoms with E-state index in [-0.39, 0.29) is 17.7 Å². The minimum atomic E-state index is -0.392. The van der Waals surface area contributed by atoms with Gasteiger partial charge in [0.15, 0.2) is 0 Å². The summed E-state index contributed by atoms with van der Waals surface area (Å²) in [6.45, 7) is 2.43. The van der Waals surface area contributed by atoms with Crippen molar-refractivity contribution in [2.45, 2.75) is 19.8 Å². The van der Waals surface area contributed by atoms with Gasteiger partial charge in [0.2, 0.25) is 11.8 Å². The number of hydrogen-bond acceptors (Lipinski definition) is 2. The second-order valence-corrected chi connectivity index (χ2v) is 3.23. The molecular weight excluding hydrogens is 156 g/mol. The molecule has 0 aromatic rings. The summed E-state index contributed by atoms with van der Waals surface area (Å²) in [6, 6.07) is 0. The van der Waals surface area contributed by atoms with E-state index in [1.54, 1.807) is 6.92 Å². The van der Waals surface area contributed by atoms with Crippen LogP contribution in [0.15, 0.2) is 0 Å². The third-order valence-electron chi connectivity index (χ3n) is 2.38. The van der Waals surface area contributed by atoms with E-state index in [0.717, 1.165) is 19.4 Å². The molecule has 0 aromatic carbocycles. The lowest BCUT2D eigenvalue weighted by molar-refractivity contribution is -0.134. The smallest absolute Gasteiger partial charge is 0.223 e. The highest BCUT2D eigenvalue weighted by molar-refractivity contribution is 5.87. The normalized spacial score (nSPS) is 26.1. The number of hydrogen-bond donors (Lipinski definition) is 2. The Morgan fingerprint density at radius 2 is 2.42 bits per heavy atom. The van der Waals surface area contributed by atoms with Crippen molar-refractivity contribution in [1.82, 2.24) is 5.32 Å². The number of primary amides is 1. The molecule has 0 bridgehead atoms. The van der Waals surface area contributed by atoms with E-state index in [9.17, 15) is 9.59 Å². The predicted octanol–water partition coefficient (Wildman–Crippen LogP) is -0.366. The largest absolute Gasteiger partial charge is 0.369 e. The number of nitrogens with one attached hydrogen (secondary N) is 1. The van der Waals surface area contributed by atoms with Crippen LogP contribution in [0.2, 0.25) is 0 Å². The number of amides is 2. The Labute approximate surface area is 71.5 Å². The molecule has 1 aliphatic heterocycles. The first kappa shape index (κ1) is 9.03. The zero-order chi connectivity index (χ0) is 9.14. The lowest BCUT2D eigenvalue weighted by Gasteiger charge is -2.24. The molecule has 4 heteroatoms. The van der Waals surface area contributed by atoms with Crippen LogP contribution < -0.4 is 11.1 Å². The summed E-state index contributed by atoms with van der Waals surface area (Å²) < 4.78 is 0. The van der Waals surface area contributed by atoms with E-state index in [4.69, 9.17) is 5.73 Å². The summed E-state index contributed by atoms with van der Waals surface area (Å²) >= 11 is 0. The molecule has 2 unspecified atom stereocenters. The Balaban J connectivity index is 2.59. The molecule has 1 rings (SSSR count). The molecule has 1 heterocycles. The van der Waals surface area contributed by atoms with E-state index in [0.29, 0.717) is 0 Å². The van der Waals surface area contributed by atoms with Crippen LogP contribution in [0.4, 0.5) is 0 Å². The molecule has 0 saturated carbocycles. The number of piperidine rings is 1. The van der Waals surface area contributed by atoms with Gasteiger partial charge in [0.1, 0.15) is 0 Å². The van der Waals surface area contributed by atoms with Crippen molar-refractivity contribution in [3.63, 3.8) is 0 Å². The first-order valence-corrected chi connectivity index (χ1v) is 4.20. The monoisotopic (exact) mass is 170 g/mol. The van der Waals surface area contributed by atoms with E-state index < -0.39 is 5.91 Å². The molecule has 1 fully saturated rings. The molecular formula is C8H14N2O2. The van der Waals surface area contributed by atoms with Crippen LogP contribution in [0.25, 0.3) is 0 Å². The van der Waals surface area contributed by atoms with Crippen LogP contribution in [0, 0.1) is 11.8 Å². The molecule has 0 spiro atoms. The van der Waals surface area contributed by atoms with Crippen molar-refractivity contribution in [2.24, 2.45) is 17.6 Å². The van der Waals surface area contributed by atoms with Crippen molar-refractivity contribution in [2.75, 3.05) is 6.54 Å². The van der Waals surface area contributed by atoms with Gasteiger partial charge in [-0.3, -0.25) is 9.59 Å². The van der Waals surface area contributed by atoms with Gasteiger partial charge in [-0.2, -0.15) is 0 Å². The highest BCUT2D eigenvalue weighted by atomic mass is 16.2. The summed E-state index contributed by atoms with van der Waals surface area (Å²) in [6.07, 6.45) is 1.71. The first-order chi connectivity index (χ1) is 5.63. The average Bonchev–Trinajstić information content (AvgIpc) is 2.04. The van der Waals surface area contributed by atoms with Gasteiger partial charge in [0, 0.05) is 18.4 Å². The van der Waals surface area contributed by atoms with Gasteiger partial charge >= 0.3 is 0 Å². The summed E-state index contributed by atoms with van der Waals surface area (Å²) in [5, 5.41) is 2.72. The predicted molar refractivity (Wildman–Crippen MR) is 44.1 cm³/mol. The van der Waals surface area contributed by atoms with Gasteiger partial charge in [0.25, 0.3) is 0 Å². The van der Waals surface area contributed by atoms with E-state index in [2.05, 4.69) is 5.32 Å². The van der Waals surface area contributed by atoms with E-state index in [1.807, 2.05) is 0 Å². The fourth-order valence-electron chi connectivity index (χ4n) is 1.47.